The largest absolute Gasteiger partial charge is 0.326 e. The molecule has 1 aromatic heterocycles. The number of nitrogens with zero attached hydrogens (tertiary/aromatic N) is 1. The highest BCUT2D eigenvalue weighted by molar-refractivity contribution is 7.16. The van der Waals surface area contributed by atoms with Gasteiger partial charge in [0.25, 0.3) is 0 Å². The summed E-state index contributed by atoms with van der Waals surface area (Å²) in [5.41, 5.74) is 3.62. The Balaban J connectivity index is 1.86. The molecule has 1 saturated carbocycles. The Morgan fingerprint density at radius 2 is 2.33 bits per heavy atom. The summed E-state index contributed by atoms with van der Waals surface area (Å²) in [5.74, 6) is 0.390. The molecule has 0 aliphatic heterocycles. The van der Waals surface area contributed by atoms with Crippen LogP contribution in [0.1, 0.15) is 12.8 Å². The lowest BCUT2D eigenvalue weighted by molar-refractivity contribution is -0.117. The maximum absolute atomic E-state index is 11.5. The Morgan fingerprint density at radius 1 is 1.47 bits per heavy atom. The monoisotopic (exact) mass is 218 g/mol. The van der Waals surface area contributed by atoms with Gasteiger partial charge in [0, 0.05) is 11.6 Å². The predicted molar refractivity (Wildman–Crippen MR) is 61.0 cm³/mol. The van der Waals surface area contributed by atoms with Gasteiger partial charge in [0.2, 0.25) is 5.91 Å². The van der Waals surface area contributed by atoms with Gasteiger partial charge in [-0.15, -0.1) is 11.3 Å². The average Bonchev–Trinajstić information content (AvgIpc) is 2.98. The van der Waals surface area contributed by atoms with Gasteiger partial charge in [-0.05, 0) is 31.0 Å². The number of aromatic nitrogens is 1. The minimum absolute atomic E-state index is 0.143. The topological polar surface area (TPSA) is 42.0 Å². The number of hydrogen-bond donors (Lipinski definition) is 1. The van der Waals surface area contributed by atoms with E-state index < -0.39 is 0 Å². The van der Waals surface area contributed by atoms with Crippen LogP contribution >= 0.6 is 11.3 Å². The van der Waals surface area contributed by atoms with E-state index in [9.17, 15) is 4.79 Å². The van der Waals surface area contributed by atoms with Crippen LogP contribution in [0.4, 0.5) is 5.69 Å². The highest BCUT2D eigenvalue weighted by atomic mass is 32.1. The molecule has 1 aliphatic carbocycles. The van der Waals surface area contributed by atoms with Crippen molar-refractivity contribution in [3.8, 4) is 0 Å². The number of carbonyl (C=O) groups is 1. The lowest BCUT2D eigenvalue weighted by Gasteiger charge is -2.03. The highest BCUT2D eigenvalue weighted by Crippen LogP contribution is 2.30. The molecule has 0 bridgehead atoms. The number of fused-ring (bicyclic) bond motifs is 1. The zero-order chi connectivity index (χ0) is 10.3. The van der Waals surface area contributed by atoms with E-state index in [1.54, 1.807) is 11.3 Å². The van der Waals surface area contributed by atoms with Crippen molar-refractivity contribution >= 4 is 33.1 Å². The fourth-order valence-corrected chi connectivity index (χ4v) is 2.18. The number of carbonyl (C=O) groups excluding carboxylic acids is 1. The first-order valence-corrected chi connectivity index (χ1v) is 5.85. The van der Waals surface area contributed by atoms with Crippen molar-refractivity contribution in [2.75, 3.05) is 5.32 Å². The molecule has 0 atom stereocenters. The average molecular weight is 218 g/mol. The number of thiazole rings is 1. The third-order valence-electron chi connectivity index (χ3n) is 2.55. The van der Waals surface area contributed by atoms with Crippen LogP contribution in [-0.4, -0.2) is 10.9 Å². The van der Waals surface area contributed by atoms with E-state index >= 15 is 0 Å². The molecule has 0 saturated heterocycles. The maximum atomic E-state index is 11.5. The third kappa shape index (κ3) is 1.72. The Hall–Kier alpha value is -1.42. The second-order valence-electron chi connectivity index (χ2n) is 3.80. The van der Waals surface area contributed by atoms with E-state index in [1.807, 2.05) is 23.7 Å². The van der Waals surface area contributed by atoms with Crippen molar-refractivity contribution in [3.63, 3.8) is 0 Å². The van der Waals surface area contributed by atoms with Gasteiger partial charge in [0.1, 0.15) is 0 Å². The van der Waals surface area contributed by atoms with E-state index in [0.717, 1.165) is 28.7 Å². The van der Waals surface area contributed by atoms with Crippen LogP contribution in [-0.2, 0) is 4.79 Å². The van der Waals surface area contributed by atoms with Crippen LogP contribution in [0.25, 0.3) is 10.2 Å². The quantitative estimate of drug-likeness (QED) is 0.842. The molecular formula is C11H10N2OS. The normalized spacial score (nSPS) is 15.5. The first-order valence-electron chi connectivity index (χ1n) is 4.97. The van der Waals surface area contributed by atoms with Gasteiger partial charge in [-0.1, -0.05) is 0 Å². The smallest absolute Gasteiger partial charge is 0.227 e. The number of nitrogens with one attached hydrogen (secondary N) is 1. The minimum atomic E-state index is 0.143. The van der Waals surface area contributed by atoms with E-state index in [1.165, 1.54) is 0 Å². The summed E-state index contributed by atoms with van der Waals surface area (Å²) in [6.45, 7) is 0. The SMILES string of the molecule is O=C(Nc1ccc2scnc2c1)C1CC1. The lowest BCUT2D eigenvalue weighted by atomic mass is 10.3. The van der Waals surface area contributed by atoms with Crippen LogP contribution in [0, 0.1) is 5.92 Å². The molecule has 1 fully saturated rings. The van der Waals surface area contributed by atoms with Crippen LogP contribution in [0.2, 0.25) is 0 Å². The van der Waals surface area contributed by atoms with Crippen LogP contribution in [0.5, 0.6) is 0 Å². The summed E-state index contributed by atoms with van der Waals surface area (Å²) in [5, 5.41) is 2.91. The fraction of sp³-hybridized carbons (Fsp3) is 0.273. The van der Waals surface area contributed by atoms with Crippen molar-refractivity contribution in [1.82, 2.24) is 4.98 Å². The van der Waals surface area contributed by atoms with Gasteiger partial charge in [-0.2, -0.15) is 0 Å². The number of hydrogen-bond acceptors (Lipinski definition) is 3. The van der Waals surface area contributed by atoms with E-state index in [0.29, 0.717) is 0 Å². The molecule has 0 unspecified atom stereocenters. The van der Waals surface area contributed by atoms with Crippen molar-refractivity contribution in [2.45, 2.75) is 12.8 Å². The van der Waals surface area contributed by atoms with Gasteiger partial charge >= 0.3 is 0 Å². The number of benzene rings is 1. The summed E-state index contributed by atoms with van der Waals surface area (Å²) < 4.78 is 1.15. The summed E-state index contributed by atoms with van der Waals surface area (Å²) >= 11 is 1.61. The van der Waals surface area contributed by atoms with Crippen LogP contribution in [0.3, 0.4) is 0 Å². The second-order valence-corrected chi connectivity index (χ2v) is 4.68. The number of anilines is 1. The summed E-state index contributed by atoms with van der Waals surface area (Å²) in [7, 11) is 0. The summed E-state index contributed by atoms with van der Waals surface area (Å²) in [4.78, 5) is 15.7. The Kier molecular flexibility index (Phi) is 1.95. The zero-order valence-electron chi connectivity index (χ0n) is 8.06. The molecule has 15 heavy (non-hydrogen) atoms. The van der Waals surface area contributed by atoms with Gasteiger partial charge in [-0.25, -0.2) is 4.98 Å². The Morgan fingerprint density at radius 3 is 3.13 bits per heavy atom. The zero-order valence-corrected chi connectivity index (χ0v) is 8.88. The van der Waals surface area contributed by atoms with E-state index in [-0.39, 0.29) is 11.8 Å². The van der Waals surface area contributed by atoms with E-state index in [4.69, 9.17) is 0 Å². The van der Waals surface area contributed by atoms with Crippen molar-refractivity contribution in [2.24, 2.45) is 5.92 Å². The van der Waals surface area contributed by atoms with Crippen molar-refractivity contribution < 1.29 is 4.79 Å². The van der Waals surface area contributed by atoms with E-state index in [2.05, 4.69) is 10.3 Å². The molecular weight excluding hydrogens is 208 g/mol. The number of amides is 1. The second kappa shape index (κ2) is 3.31. The first-order chi connectivity index (χ1) is 7.33. The third-order valence-corrected chi connectivity index (χ3v) is 3.36. The minimum Gasteiger partial charge on any atom is -0.326 e. The van der Waals surface area contributed by atoms with Gasteiger partial charge in [0.05, 0.1) is 15.7 Å². The molecule has 1 heterocycles. The molecule has 3 nitrogen and oxygen atoms in total. The fourth-order valence-electron chi connectivity index (χ4n) is 1.53. The van der Waals surface area contributed by atoms with Crippen molar-refractivity contribution in [1.29, 1.82) is 0 Å². The molecule has 76 valence electrons. The van der Waals surface area contributed by atoms with Gasteiger partial charge in [0.15, 0.2) is 0 Å². The van der Waals surface area contributed by atoms with Gasteiger partial charge in [-0.3, -0.25) is 4.79 Å². The molecule has 1 aliphatic rings. The van der Waals surface area contributed by atoms with Crippen LogP contribution < -0.4 is 5.32 Å². The summed E-state index contributed by atoms with van der Waals surface area (Å²) in [6, 6.07) is 5.85. The molecule has 0 spiro atoms. The first kappa shape index (κ1) is 8.85. The Labute approximate surface area is 91.1 Å². The lowest BCUT2D eigenvalue weighted by Crippen LogP contribution is -2.12. The van der Waals surface area contributed by atoms with Crippen molar-refractivity contribution in [3.05, 3.63) is 23.7 Å². The van der Waals surface area contributed by atoms with Crippen LogP contribution in [0.15, 0.2) is 23.7 Å². The molecule has 3 rings (SSSR count). The molecule has 0 radical (unpaired) electrons. The molecule has 1 amide bonds. The Bertz CT molecular complexity index is 516. The highest BCUT2D eigenvalue weighted by Gasteiger charge is 2.29. The maximum Gasteiger partial charge on any atom is 0.227 e. The standard InChI is InChI=1S/C11H10N2OS/c14-11(7-1-2-7)13-8-3-4-10-9(5-8)12-6-15-10/h3-7H,1-2H2,(H,13,14). The predicted octanol–water partition coefficient (Wildman–Crippen LogP) is 2.64. The molecule has 2 aromatic rings. The summed E-state index contributed by atoms with van der Waals surface area (Å²) in [6.07, 6.45) is 2.07. The van der Waals surface area contributed by atoms with Gasteiger partial charge < -0.3 is 5.32 Å². The molecule has 1 aromatic carbocycles. The number of rotatable bonds is 2. The molecule has 4 heteroatoms. The molecule has 1 N–H and O–H groups in total.